The summed E-state index contributed by atoms with van der Waals surface area (Å²) in [6.07, 6.45) is 1.81. The Morgan fingerprint density at radius 2 is 1.87 bits per heavy atom. The molecule has 0 amide bonds. The van der Waals surface area contributed by atoms with Gasteiger partial charge in [-0.25, -0.2) is 5.32 Å². The largest absolute Gasteiger partial charge is 0.493 e. The van der Waals surface area contributed by atoms with Gasteiger partial charge in [0.1, 0.15) is 5.75 Å². The lowest BCUT2D eigenvalue weighted by Gasteiger charge is -2.12. The SMILES string of the molecule is COc1cc(N=C(NC#N)Oc2ccccc2)cc(C)c1OC. The zero-order valence-electron chi connectivity index (χ0n) is 13.2. The number of methoxy groups -OCH3 is 2. The van der Waals surface area contributed by atoms with Crippen LogP contribution in [0.4, 0.5) is 5.69 Å². The van der Waals surface area contributed by atoms with E-state index in [-0.39, 0.29) is 6.02 Å². The number of aryl methyl sites for hydroxylation is 1. The molecule has 2 aromatic rings. The summed E-state index contributed by atoms with van der Waals surface area (Å²) in [5.74, 6) is 1.78. The molecule has 2 rings (SSSR count). The van der Waals surface area contributed by atoms with Crippen molar-refractivity contribution in [3.63, 3.8) is 0 Å². The number of para-hydroxylation sites is 1. The quantitative estimate of drug-likeness (QED) is 0.406. The molecule has 0 spiro atoms. The van der Waals surface area contributed by atoms with Crippen LogP contribution in [0, 0.1) is 18.4 Å². The molecular weight excluding hydrogens is 294 g/mol. The number of ether oxygens (including phenoxy) is 3. The Balaban J connectivity index is 2.36. The fourth-order valence-electron chi connectivity index (χ4n) is 2.04. The smallest absolute Gasteiger partial charge is 0.309 e. The molecule has 0 aliphatic rings. The zero-order chi connectivity index (χ0) is 16.7. The molecule has 1 N–H and O–H groups in total. The Hall–Kier alpha value is -3.20. The number of nitriles is 1. The Bertz CT molecular complexity index is 737. The van der Waals surface area contributed by atoms with Gasteiger partial charge >= 0.3 is 6.02 Å². The normalized spacial score (nSPS) is 10.6. The summed E-state index contributed by atoms with van der Waals surface area (Å²) >= 11 is 0. The van der Waals surface area contributed by atoms with Gasteiger partial charge in [-0.3, -0.25) is 0 Å². The van der Waals surface area contributed by atoms with E-state index in [4.69, 9.17) is 19.5 Å². The summed E-state index contributed by atoms with van der Waals surface area (Å²) in [4.78, 5) is 4.31. The van der Waals surface area contributed by atoms with Crippen molar-refractivity contribution in [3.8, 4) is 23.4 Å². The van der Waals surface area contributed by atoms with Crippen molar-refractivity contribution in [1.29, 1.82) is 5.26 Å². The first-order valence-electron chi connectivity index (χ1n) is 6.87. The number of amidine groups is 1. The molecule has 0 saturated heterocycles. The molecule has 23 heavy (non-hydrogen) atoms. The fourth-order valence-corrected chi connectivity index (χ4v) is 2.04. The molecule has 6 nitrogen and oxygen atoms in total. The highest BCUT2D eigenvalue weighted by Gasteiger charge is 2.10. The van der Waals surface area contributed by atoms with Gasteiger partial charge in [0, 0.05) is 6.07 Å². The highest BCUT2D eigenvalue weighted by molar-refractivity contribution is 5.81. The highest BCUT2D eigenvalue weighted by Crippen LogP contribution is 2.35. The Labute approximate surface area is 134 Å². The zero-order valence-corrected chi connectivity index (χ0v) is 13.2. The summed E-state index contributed by atoms with van der Waals surface area (Å²) in [7, 11) is 3.13. The van der Waals surface area contributed by atoms with Crippen LogP contribution in [0.3, 0.4) is 0 Å². The number of hydrogen-bond donors (Lipinski definition) is 1. The van der Waals surface area contributed by atoms with Crippen LogP contribution in [-0.2, 0) is 0 Å². The van der Waals surface area contributed by atoms with Crippen LogP contribution >= 0.6 is 0 Å². The molecule has 0 heterocycles. The monoisotopic (exact) mass is 311 g/mol. The summed E-state index contributed by atoms with van der Waals surface area (Å²) in [5.41, 5.74) is 1.44. The van der Waals surface area contributed by atoms with E-state index in [2.05, 4.69) is 10.3 Å². The molecule has 0 aromatic heterocycles. The first-order valence-corrected chi connectivity index (χ1v) is 6.87. The third-order valence-electron chi connectivity index (χ3n) is 3.00. The molecule has 0 atom stereocenters. The second-order valence-electron chi connectivity index (χ2n) is 4.57. The van der Waals surface area contributed by atoms with Gasteiger partial charge in [0.15, 0.2) is 17.7 Å². The predicted octanol–water partition coefficient (Wildman–Crippen LogP) is 3.15. The van der Waals surface area contributed by atoms with Crippen LogP contribution < -0.4 is 19.5 Å². The molecule has 0 aliphatic heterocycles. The van der Waals surface area contributed by atoms with Crippen molar-refractivity contribution in [2.45, 2.75) is 6.92 Å². The lowest BCUT2D eigenvalue weighted by molar-refractivity contribution is 0.353. The molecule has 0 bridgehead atoms. The van der Waals surface area contributed by atoms with Crippen LogP contribution in [0.15, 0.2) is 47.5 Å². The van der Waals surface area contributed by atoms with E-state index >= 15 is 0 Å². The van der Waals surface area contributed by atoms with Crippen LogP contribution in [0.1, 0.15) is 5.56 Å². The molecule has 2 aromatic carbocycles. The topological polar surface area (TPSA) is 75.9 Å². The first kappa shape index (κ1) is 16.2. The van der Waals surface area contributed by atoms with Crippen molar-refractivity contribution in [2.24, 2.45) is 4.99 Å². The van der Waals surface area contributed by atoms with E-state index in [9.17, 15) is 0 Å². The number of hydrogen-bond acceptors (Lipinski definition) is 5. The molecule has 0 radical (unpaired) electrons. The molecule has 0 saturated carbocycles. The Morgan fingerprint density at radius 3 is 2.48 bits per heavy atom. The minimum Gasteiger partial charge on any atom is -0.493 e. The van der Waals surface area contributed by atoms with Crippen molar-refractivity contribution in [3.05, 3.63) is 48.0 Å². The van der Waals surface area contributed by atoms with E-state index in [1.165, 1.54) is 0 Å². The number of nitrogens with zero attached hydrogens (tertiary/aromatic N) is 2. The van der Waals surface area contributed by atoms with Crippen LogP contribution in [-0.4, -0.2) is 20.2 Å². The van der Waals surface area contributed by atoms with Gasteiger partial charge in [-0.2, -0.15) is 10.3 Å². The van der Waals surface area contributed by atoms with Crippen molar-refractivity contribution in [1.82, 2.24) is 5.32 Å². The standard InChI is InChI=1S/C17H17N3O3/c1-12-9-13(10-15(21-2)16(12)22-3)20-17(19-11-18)23-14-7-5-4-6-8-14/h4-10H,1-3H3,(H,19,20). The summed E-state index contributed by atoms with van der Waals surface area (Å²) in [5, 5.41) is 11.3. The summed E-state index contributed by atoms with van der Waals surface area (Å²) in [6.45, 7) is 1.88. The minimum atomic E-state index is 0.0744. The van der Waals surface area contributed by atoms with E-state index in [0.29, 0.717) is 22.9 Å². The van der Waals surface area contributed by atoms with Crippen LogP contribution in [0.25, 0.3) is 0 Å². The third kappa shape index (κ3) is 4.14. The minimum absolute atomic E-state index is 0.0744. The maximum Gasteiger partial charge on any atom is 0.309 e. The maximum absolute atomic E-state index is 8.86. The summed E-state index contributed by atoms with van der Waals surface area (Å²) in [6, 6.07) is 12.7. The molecular formula is C17H17N3O3. The Morgan fingerprint density at radius 1 is 1.13 bits per heavy atom. The van der Waals surface area contributed by atoms with Crippen molar-refractivity contribution < 1.29 is 14.2 Å². The van der Waals surface area contributed by atoms with Crippen LogP contribution in [0.2, 0.25) is 0 Å². The number of rotatable bonds is 4. The van der Waals surface area contributed by atoms with E-state index < -0.39 is 0 Å². The third-order valence-corrected chi connectivity index (χ3v) is 3.00. The molecule has 0 unspecified atom stereocenters. The van der Waals surface area contributed by atoms with Gasteiger partial charge in [-0.1, -0.05) is 18.2 Å². The van der Waals surface area contributed by atoms with E-state index in [1.54, 1.807) is 32.4 Å². The van der Waals surface area contributed by atoms with E-state index in [0.717, 1.165) is 5.56 Å². The highest BCUT2D eigenvalue weighted by atomic mass is 16.5. The van der Waals surface area contributed by atoms with Gasteiger partial charge in [0.25, 0.3) is 0 Å². The first-order chi connectivity index (χ1) is 11.2. The second-order valence-corrected chi connectivity index (χ2v) is 4.57. The molecule has 0 aliphatic carbocycles. The molecule has 118 valence electrons. The van der Waals surface area contributed by atoms with Crippen molar-refractivity contribution in [2.75, 3.05) is 14.2 Å². The van der Waals surface area contributed by atoms with Gasteiger partial charge in [-0.15, -0.1) is 0 Å². The summed E-state index contributed by atoms with van der Waals surface area (Å²) < 4.78 is 16.2. The second kappa shape index (κ2) is 7.71. The van der Waals surface area contributed by atoms with Crippen LogP contribution in [0.5, 0.6) is 17.2 Å². The lowest BCUT2D eigenvalue weighted by atomic mass is 10.2. The predicted molar refractivity (Wildman–Crippen MR) is 87.2 cm³/mol. The average molecular weight is 311 g/mol. The van der Waals surface area contributed by atoms with Crippen molar-refractivity contribution >= 4 is 11.7 Å². The Kier molecular flexibility index (Phi) is 5.42. The lowest BCUT2D eigenvalue weighted by Crippen LogP contribution is -2.24. The van der Waals surface area contributed by atoms with Gasteiger partial charge in [-0.05, 0) is 30.7 Å². The van der Waals surface area contributed by atoms with Gasteiger partial charge in [0.2, 0.25) is 0 Å². The molecule has 0 fully saturated rings. The number of aliphatic imine (C=N–C) groups is 1. The average Bonchev–Trinajstić information content (AvgIpc) is 2.55. The fraction of sp³-hybridized carbons (Fsp3) is 0.176. The number of nitrogens with one attached hydrogen (secondary N) is 1. The van der Waals surface area contributed by atoms with Gasteiger partial charge < -0.3 is 14.2 Å². The maximum atomic E-state index is 8.86. The van der Waals surface area contributed by atoms with Gasteiger partial charge in [0.05, 0.1) is 19.9 Å². The van der Waals surface area contributed by atoms with E-state index in [1.807, 2.05) is 37.4 Å². The molecule has 6 heteroatoms. The number of benzene rings is 2.